The number of aryl methyl sites for hydroxylation is 1. The molecule has 2 N–H and O–H groups in total. The first-order valence-corrected chi connectivity index (χ1v) is 10.6. The highest BCUT2D eigenvalue weighted by atomic mass is 32.1. The molecule has 0 fully saturated rings. The van der Waals surface area contributed by atoms with E-state index in [1.165, 1.54) is 23.5 Å². The molecule has 0 bridgehead atoms. The standard InChI is InChI=1S/C22H22FN5O2S/c1-14-19(21(29)26-13-15-7-9-24-10-8-15)31-22-27-18(16-3-5-17(23)6-4-16)20(28(14)22)25-11-12-30-2/h3-10,25H,11-13H2,1-2H3,(H,26,29). The number of thiazole rings is 1. The van der Waals surface area contributed by atoms with E-state index in [4.69, 9.17) is 9.72 Å². The zero-order valence-corrected chi connectivity index (χ0v) is 18.0. The third-order valence-corrected chi connectivity index (χ3v) is 5.97. The second kappa shape index (κ2) is 9.23. The van der Waals surface area contributed by atoms with Crippen LogP contribution in [-0.2, 0) is 11.3 Å². The first-order chi connectivity index (χ1) is 15.1. The van der Waals surface area contributed by atoms with Gasteiger partial charge in [-0.15, -0.1) is 0 Å². The molecule has 0 atom stereocenters. The van der Waals surface area contributed by atoms with Gasteiger partial charge in [0.25, 0.3) is 5.91 Å². The van der Waals surface area contributed by atoms with E-state index in [1.807, 2.05) is 23.5 Å². The molecule has 3 heterocycles. The Bertz CT molecular complexity index is 1190. The average molecular weight is 440 g/mol. The maximum absolute atomic E-state index is 13.4. The van der Waals surface area contributed by atoms with Crippen LogP contribution >= 0.6 is 11.3 Å². The van der Waals surface area contributed by atoms with Crippen LogP contribution in [0.3, 0.4) is 0 Å². The number of hydrogen-bond donors (Lipinski definition) is 2. The van der Waals surface area contributed by atoms with Crippen LogP contribution < -0.4 is 10.6 Å². The number of anilines is 1. The van der Waals surface area contributed by atoms with Gasteiger partial charge in [0.05, 0.1) is 6.61 Å². The number of rotatable bonds is 8. The number of halogens is 1. The minimum atomic E-state index is -0.303. The first kappa shape index (κ1) is 21.0. The number of fused-ring (bicyclic) bond motifs is 1. The predicted octanol–water partition coefficient (Wildman–Crippen LogP) is 3.89. The van der Waals surface area contributed by atoms with Crippen molar-refractivity contribution in [2.75, 3.05) is 25.6 Å². The highest BCUT2D eigenvalue weighted by Crippen LogP contribution is 2.34. The summed E-state index contributed by atoms with van der Waals surface area (Å²) in [6, 6.07) is 9.93. The van der Waals surface area contributed by atoms with Crippen molar-refractivity contribution in [2.45, 2.75) is 13.5 Å². The van der Waals surface area contributed by atoms with Crippen molar-refractivity contribution in [3.05, 3.63) is 70.7 Å². The summed E-state index contributed by atoms with van der Waals surface area (Å²) in [5.74, 6) is 0.291. The maximum Gasteiger partial charge on any atom is 0.263 e. The van der Waals surface area contributed by atoms with Crippen LogP contribution in [0.2, 0.25) is 0 Å². The molecule has 1 aromatic carbocycles. The Morgan fingerprint density at radius 1 is 1.19 bits per heavy atom. The van der Waals surface area contributed by atoms with Crippen LogP contribution in [0.15, 0.2) is 48.8 Å². The van der Waals surface area contributed by atoms with Gasteiger partial charge in [-0.05, 0) is 48.9 Å². The summed E-state index contributed by atoms with van der Waals surface area (Å²) in [6.45, 7) is 3.39. The number of benzene rings is 1. The van der Waals surface area contributed by atoms with Crippen LogP contribution in [0.1, 0.15) is 20.9 Å². The molecule has 31 heavy (non-hydrogen) atoms. The number of amides is 1. The lowest BCUT2D eigenvalue weighted by atomic mass is 10.1. The van der Waals surface area contributed by atoms with E-state index in [2.05, 4.69) is 15.6 Å². The van der Waals surface area contributed by atoms with Crippen molar-refractivity contribution in [1.82, 2.24) is 19.7 Å². The molecule has 0 spiro atoms. The van der Waals surface area contributed by atoms with Crippen molar-refractivity contribution in [1.29, 1.82) is 0 Å². The van der Waals surface area contributed by atoms with Gasteiger partial charge in [-0.25, -0.2) is 9.37 Å². The Morgan fingerprint density at radius 2 is 1.94 bits per heavy atom. The molecule has 0 aliphatic rings. The Hall–Kier alpha value is -3.30. The van der Waals surface area contributed by atoms with Gasteiger partial charge in [0, 0.05) is 43.9 Å². The second-order valence-corrected chi connectivity index (χ2v) is 7.89. The highest BCUT2D eigenvalue weighted by molar-refractivity contribution is 7.19. The van der Waals surface area contributed by atoms with Gasteiger partial charge >= 0.3 is 0 Å². The molecular formula is C22H22FN5O2S. The number of carbonyl (C=O) groups excluding carboxylic acids is 1. The van der Waals surface area contributed by atoms with Crippen LogP contribution in [0, 0.1) is 12.7 Å². The fraction of sp³-hybridized carbons (Fsp3) is 0.227. The SMILES string of the molecule is COCCNc1c(-c2ccc(F)cc2)nc2sc(C(=O)NCc3ccncc3)c(C)n12. The molecular weight excluding hydrogens is 417 g/mol. The third-order valence-electron chi connectivity index (χ3n) is 4.83. The Kier molecular flexibility index (Phi) is 6.24. The van der Waals surface area contributed by atoms with E-state index < -0.39 is 0 Å². The molecule has 0 radical (unpaired) electrons. The summed E-state index contributed by atoms with van der Waals surface area (Å²) < 4.78 is 20.5. The van der Waals surface area contributed by atoms with Crippen molar-refractivity contribution < 1.29 is 13.9 Å². The zero-order valence-electron chi connectivity index (χ0n) is 17.2. The minimum absolute atomic E-state index is 0.156. The van der Waals surface area contributed by atoms with Crippen LogP contribution in [-0.4, -0.2) is 40.5 Å². The summed E-state index contributed by atoms with van der Waals surface area (Å²) >= 11 is 1.32. The van der Waals surface area contributed by atoms with Gasteiger partial charge in [0.2, 0.25) is 0 Å². The van der Waals surface area contributed by atoms with Crippen molar-refractivity contribution in [3.63, 3.8) is 0 Å². The molecule has 0 aliphatic heterocycles. The van der Waals surface area contributed by atoms with Crippen molar-refractivity contribution >= 4 is 28.0 Å². The lowest BCUT2D eigenvalue weighted by Crippen LogP contribution is -2.22. The van der Waals surface area contributed by atoms with E-state index in [0.29, 0.717) is 35.2 Å². The molecule has 9 heteroatoms. The Morgan fingerprint density at radius 3 is 2.65 bits per heavy atom. The molecule has 0 aliphatic carbocycles. The smallest absolute Gasteiger partial charge is 0.263 e. The van der Waals surface area contributed by atoms with Crippen molar-refractivity contribution in [2.24, 2.45) is 0 Å². The summed E-state index contributed by atoms with van der Waals surface area (Å²) in [4.78, 5) is 22.8. The lowest BCUT2D eigenvalue weighted by Gasteiger charge is -2.09. The molecule has 0 unspecified atom stereocenters. The van der Waals surface area contributed by atoms with E-state index in [9.17, 15) is 9.18 Å². The van der Waals surface area contributed by atoms with Gasteiger partial charge in [-0.1, -0.05) is 11.3 Å². The Balaban J connectivity index is 1.67. The van der Waals surface area contributed by atoms with Crippen LogP contribution in [0.4, 0.5) is 10.2 Å². The fourth-order valence-corrected chi connectivity index (χ4v) is 4.31. The number of aromatic nitrogens is 3. The van der Waals surface area contributed by atoms with Crippen LogP contribution in [0.25, 0.3) is 16.2 Å². The number of imidazole rings is 1. The number of pyridine rings is 1. The molecule has 4 aromatic rings. The number of nitrogens with one attached hydrogen (secondary N) is 2. The molecule has 7 nitrogen and oxygen atoms in total. The second-order valence-electron chi connectivity index (χ2n) is 6.91. The number of nitrogens with zero attached hydrogens (tertiary/aromatic N) is 3. The summed E-state index contributed by atoms with van der Waals surface area (Å²) in [7, 11) is 1.63. The number of carbonyl (C=O) groups is 1. The van der Waals surface area contributed by atoms with Gasteiger partial charge in [-0.2, -0.15) is 0 Å². The van der Waals surface area contributed by atoms with E-state index >= 15 is 0 Å². The monoisotopic (exact) mass is 439 g/mol. The zero-order chi connectivity index (χ0) is 21.8. The predicted molar refractivity (Wildman–Crippen MR) is 119 cm³/mol. The third kappa shape index (κ3) is 4.42. The largest absolute Gasteiger partial charge is 0.383 e. The van der Waals surface area contributed by atoms with Gasteiger partial charge in [-0.3, -0.25) is 14.2 Å². The number of hydrogen-bond acceptors (Lipinski definition) is 6. The quantitative estimate of drug-likeness (QED) is 0.407. The number of methoxy groups -OCH3 is 1. The first-order valence-electron chi connectivity index (χ1n) is 9.76. The molecule has 0 saturated heterocycles. The summed E-state index contributed by atoms with van der Waals surface area (Å²) in [6.07, 6.45) is 3.39. The summed E-state index contributed by atoms with van der Waals surface area (Å²) in [5.41, 5.74) is 3.25. The highest BCUT2D eigenvalue weighted by Gasteiger charge is 2.22. The molecule has 0 saturated carbocycles. The molecule has 4 rings (SSSR count). The number of ether oxygens (including phenoxy) is 1. The minimum Gasteiger partial charge on any atom is -0.383 e. The Labute approximate surface area is 182 Å². The lowest BCUT2D eigenvalue weighted by molar-refractivity contribution is 0.0954. The van der Waals surface area contributed by atoms with E-state index in [0.717, 1.165) is 22.6 Å². The van der Waals surface area contributed by atoms with Crippen LogP contribution in [0.5, 0.6) is 0 Å². The normalized spacial score (nSPS) is 11.1. The molecule has 3 aromatic heterocycles. The van der Waals surface area contributed by atoms with Gasteiger partial charge in [0.1, 0.15) is 22.2 Å². The van der Waals surface area contributed by atoms with Gasteiger partial charge < -0.3 is 15.4 Å². The van der Waals surface area contributed by atoms with E-state index in [1.54, 1.807) is 31.6 Å². The topological polar surface area (TPSA) is 80.5 Å². The maximum atomic E-state index is 13.4. The molecule has 160 valence electrons. The molecule has 1 amide bonds. The van der Waals surface area contributed by atoms with E-state index in [-0.39, 0.29) is 11.7 Å². The average Bonchev–Trinajstić information content (AvgIpc) is 3.30. The summed E-state index contributed by atoms with van der Waals surface area (Å²) in [5, 5.41) is 6.30. The van der Waals surface area contributed by atoms with Gasteiger partial charge in [0.15, 0.2) is 4.96 Å². The van der Waals surface area contributed by atoms with Crippen molar-refractivity contribution in [3.8, 4) is 11.3 Å². The fourth-order valence-electron chi connectivity index (χ4n) is 3.26.